The molecule has 2 aliphatic rings. The third-order valence-corrected chi connectivity index (χ3v) is 8.50. The lowest BCUT2D eigenvalue weighted by Gasteiger charge is -2.26. The van der Waals surface area contributed by atoms with Crippen molar-refractivity contribution in [3.05, 3.63) is 77.2 Å². The summed E-state index contributed by atoms with van der Waals surface area (Å²) in [4.78, 5) is 44.9. The van der Waals surface area contributed by atoms with Crippen LogP contribution in [-0.2, 0) is 9.59 Å². The first-order valence-electron chi connectivity index (χ1n) is 15.2. The van der Waals surface area contributed by atoms with Gasteiger partial charge in [-0.3, -0.25) is 14.4 Å². The summed E-state index contributed by atoms with van der Waals surface area (Å²) in [5, 5.41) is 16.5. The maximum Gasteiger partial charge on any atom is 0.270 e. The van der Waals surface area contributed by atoms with E-state index in [-0.39, 0.29) is 37.2 Å². The van der Waals surface area contributed by atoms with E-state index in [9.17, 15) is 23.9 Å². The average molecular weight is 603 g/mol. The number of carbonyl (C=O) groups excluding carboxylic acids is 3. The van der Waals surface area contributed by atoms with Gasteiger partial charge in [-0.25, -0.2) is 9.37 Å². The van der Waals surface area contributed by atoms with Crippen molar-refractivity contribution in [2.24, 2.45) is 5.92 Å². The van der Waals surface area contributed by atoms with Gasteiger partial charge >= 0.3 is 0 Å². The van der Waals surface area contributed by atoms with Crippen molar-refractivity contribution in [2.45, 2.75) is 63.6 Å². The van der Waals surface area contributed by atoms with Gasteiger partial charge in [0.1, 0.15) is 23.3 Å². The number of ether oxygens (including phenoxy) is 1. The van der Waals surface area contributed by atoms with Crippen LogP contribution in [0.15, 0.2) is 54.6 Å². The molecule has 0 unspecified atom stereocenters. The lowest BCUT2D eigenvalue weighted by atomic mass is 9.88. The number of aliphatic hydroxyl groups is 1. The number of likely N-dealkylation sites (tertiary alicyclic amines) is 1. The highest BCUT2D eigenvalue weighted by molar-refractivity contribution is 5.97. The number of aliphatic hydroxyl groups excluding tert-OH is 1. The highest BCUT2D eigenvalue weighted by atomic mass is 19.1. The lowest BCUT2D eigenvalue weighted by molar-refractivity contribution is -0.138. The van der Waals surface area contributed by atoms with Crippen molar-refractivity contribution in [3.8, 4) is 5.75 Å². The Balaban J connectivity index is 1.23. The fourth-order valence-electron chi connectivity index (χ4n) is 6.08. The van der Waals surface area contributed by atoms with E-state index in [4.69, 9.17) is 4.74 Å². The third kappa shape index (κ3) is 7.42. The van der Waals surface area contributed by atoms with E-state index in [1.54, 1.807) is 13.2 Å². The molecule has 1 saturated carbocycles. The first-order valence-corrected chi connectivity index (χ1v) is 15.2. The Hall–Kier alpha value is -4.31. The van der Waals surface area contributed by atoms with Gasteiger partial charge in [0.25, 0.3) is 5.91 Å². The number of nitrogens with zero attached hydrogens (tertiary/aromatic N) is 2. The molecule has 1 aliphatic heterocycles. The van der Waals surface area contributed by atoms with Gasteiger partial charge in [-0.05, 0) is 73.2 Å². The summed E-state index contributed by atoms with van der Waals surface area (Å²) >= 11 is 0. The Morgan fingerprint density at radius 2 is 1.91 bits per heavy atom. The van der Waals surface area contributed by atoms with Gasteiger partial charge in [0, 0.05) is 18.4 Å². The quantitative estimate of drug-likeness (QED) is 0.331. The van der Waals surface area contributed by atoms with Crippen LogP contribution in [-0.4, -0.2) is 65.1 Å². The van der Waals surface area contributed by atoms with Gasteiger partial charge < -0.3 is 25.4 Å². The van der Waals surface area contributed by atoms with E-state index in [2.05, 4.69) is 27.8 Å². The predicted molar refractivity (Wildman–Crippen MR) is 165 cm³/mol. The monoisotopic (exact) mass is 602 g/mol. The van der Waals surface area contributed by atoms with Crippen molar-refractivity contribution in [1.29, 1.82) is 0 Å². The number of β-amino-alcohol motifs (C(OH)–C–C–N with tert-alkyl or cyclic N) is 1. The number of allylic oxidation sites excluding steroid dienone is 1. The molecular weight excluding hydrogens is 563 g/mol. The molecule has 3 aromatic rings. The smallest absolute Gasteiger partial charge is 0.270 e. The minimum atomic E-state index is -0.884. The van der Waals surface area contributed by atoms with Crippen molar-refractivity contribution in [2.75, 3.05) is 20.2 Å². The van der Waals surface area contributed by atoms with Crippen LogP contribution in [0.5, 0.6) is 5.75 Å². The first kappa shape index (κ1) is 31.1. The van der Waals surface area contributed by atoms with Crippen LogP contribution in [0.3, 0.4) is 0 Å². The number of methoxy groups -OCH3 is 1. The highest BCUT2D eigenvalue weighted by Gasteiger charge is 2.39. The van der Waals surface area contributed by atoms with Crippen molar-refractivity contribution >= 4 is 34.7 Å². The number of carbonyl (C=O) groups is 3. The number of aromatic nitrogens is 1. The van der Waals surface area contributed by atoms with Gasteiger partial charge in [0.2, 0.25) is 11.8 Å². The summed E-state index contributed by atoms with van der Waals surface area (Å²) in [5.41, 5.74) is 2.40. The molecule has 1 saturated heterocycles. The summed E-state index contributed by atoms with van der Waals surface area (Å²) in [6.45, 7) is 1.50. The molecule has 5 rings (SSSR count). The second-order valence-corrected chi connectivity index (χ2v) is 11.6. The molecule has 9 nitrogen and oxygen atoms in total. The number of amides is 3. The molecule has 3 amide bonds. The van der Waals surface area contributed by atoms with Crippen LogP contribution >= 0.6 is 0 Å². The van der Waals surface area contributed by atoms with Crippen LogP contribution < -0.4 is 15.4 Å². The molecule has 1 aromatic heterocycles. The van der Waals surface area contributed by atoms with E-state index in [1.165, 1.54) is 61.3 Å². The van der Waals surface area contributed by atoms with Crippen LogP contribution in [0.4, 0.5) is 4.39 Å². The number of hydrogen-bond donors (Lipinski definition) is 3. The summed E-state index contributed by atoms with van der Waals surface area (Å²) < 4.78 is 18.9. The molecule has 0 radical (unpaired) electrons. The van der Waals surface area contributed by atoms with Crippen molar-refractivity contribution < 1.29 is 28.6 Å². The van der Waals surface area contributed by atoms with Crippen molar-refractivity contribution in [3.63, 3.8) is 0 Å². The average Bonchev–Trinajstić information content (AvgIpc) is 3.44. The van der Waals surface area contributed by atoms with Gasteiger partial charge in [-0.2, -0.15) is 0 Å². The molecular formula is C34H39FN4O5. The van der Waals surface area contributed by atoms with E-state index < -0.39 is 29.8 Å². The maximum absolute atomic E-state index is 13.5. The third-order valence-electron chi connectivity index (χ3n) is 8.50. The zero-order valence-electron chi connectivity index (χ0n) is 25.1. The molecule has 0 spiro atoms. The molecule has 2 heterocycles. The Kier molecular flexibility index (Phi) is 9.89. The maximum atomic E-state index is 13.5. The molecule has 10 heteroatoms. The van der Waals surface area contributed by atoms with E-state index >= 15 is 0 Å². The Morgan fingerprint density at radius 3 is 2.68 bits per heavy atom. The van der Waals surface area contributed by atoms with Crippen LogP contribution in [0.1, 0.15) is 73.1 Å². The van der Waals surface area contributed by atoms with E-state index in [0.717, 1.165) is 16.9 Å². The van der Waals surface area contributed by atoms with Gasteiger partial charge in [0.15, 0.2) is 0 Å². The molecule has 3 N–H and O–H groups in total. The van der Waals surface area contributed by atoms with Gasteiger partial charge in [-0.1, -0.05) is 43.5 Å². The van der Waals surface area contributed by atoms with Gasteiger partial charge in [0.05, 0.1) is 31.3 Å². The first-order chi connectivity index (χ1) is 21.2. The SMILES string of the molecule is COc1ccc([C@H](C)NC(=O)[C@@H]2C[C@@H](O)CN2C(=O)CNC(=O)c2ccc3cc(F)ccc3n2)c(/C=C/C2CCCCC2)c1. The topological polar surface area (TPSA) is 121 Å². The van der Waals surface area contributed by atoms with Crippen LogP contribution in [0.25, 0.3) is 17.0 Å². The number of pyridine rings is 1. The largest absolute Gasteiger partial charge is 0.497 e. The zero-order valence-corrected chi connectivity index (χ0v) is 25.1. The summed E-state index contributed by atoms with van der Waals surface area (Å²) in [6.07, 6.45) is 9.70. The molecule has 1 aliphatic carbocycles. The second-order valence-electron chi connectivity index (χ2n) is 11.6. The van der Waals surface area contributed by atoms with Crippen molar-refractivity contribution in [1.82, 2.24) is 20.5 Å². The number of hydrogen-bond acceptors (Lipinski definition) is 6. The number of benzene rings is 2. The summed E-state index contributed by atoms with van der Waals surface area (Å²) in [7, 11) is 1.62. The fourth-order valence-corrected chi connectivity index (χ4v) is 6.08. The highest BCUT2D eigenvalue weighted by Crippen LogP contribution is 2.29. The van der Waals surface area contributed by atoms with Gasteiger partial charge in [-0.15, -0.1) is 0 Å². The number of fused-ring (bicyclic) bond motifs is 1. The molecule has 0 bridgehead atoms. The minimum absolute atomic E-state index is 0.0150. The Morgan fingerprint density at radius 1 is 1.11 bits per heavy atom. The summed E-state index contributed by atoms with van der Waals surface area (Å²) in [6, 6.07) is 11.6. The minimum Gasteiger partial charge on any atom is -0.497 e. The molecule has 232 valence electrons. The van der Waals surface area contributed by atoms with Crippen LogP contribution in [0, 0.1) is 11.7 Å². The van der Waals surface area contributed by atoms with Crippen LogP contribution in [0.2, 0.25) is 0 Å². The number of halogens is 1. The lowest BCUT2D eigenvalue weighted by Crippen LogP contribution is -2.49. The summed E-state index contributed by atoms with van der Waals surface area (Å²) in [5.74, 6) is -0.595. The number of nitrogens with one attached hydrogen (secondary N) is 2. The number of rotatable bonds is 9. The molecule has 2 fully saturated rings. The predicted octanol–water partition coefficient (Wildman–Crippen LogP) is 4.55. The normalized spacial score (nSPS) is 19.7. The second kappa shape index (κ2) is 14.0. The van der Waals surface area contributed by atoms with E-state index in [0.29, 0.717) is 16.8 Å². The Bertz CT molecular complexity index is 1550. The molecule has 3 atom stereocenters. The molecule has 2 aromatic carbocycles. The fraction of sp³-hybridized carbons (Fsp3) is 0.412. The standard InChI is InChI=1S/C34H39FN4O5/c1-21(28-13-12-27(44-2)17-23(28)9-8-22-6-4-3-5-7-22)37-34(43)31-18-26(40)20-39(31)32(41)19-36-33(42)30-14-10-24-16-25(35)11-15-29(24)38-30/h8-17,21-22,26,31,40H,3-7,18-20H2,1-2H3,(H,36,42)(H,37,43)/b9-8+/t21-,26+,31-/m0/s1. The van der Waals surface area contributed by atoms with E-state index in [1.807, 2.05) is 25.1 Å². The Labute approximate surface area is 256 Å². The molecule has 44 heavy (non-hydrogen) atoms. The zero-order chi connectivity index (χ0) is 31.2.